The zero-order valence-corrected chi connectivity index (χ0v) is 18.5. The van der Waals surface area contributed by atoms with Crippen LogP contribution in [0.2, 0.25) is 0 Å². The Morgan fingerprint density at radius 1 is 0.933 bits per heavy atom. The van der Waals surface area contributed by atoms with Crippen LogP contribution in [0.4, 0.5) is 0 Å². The van der Waals surface area contributed by atoms with Crippen LogP contribution in [0.25, 0.3) is 0 Å². The maximum absolute atomic E-state index is 12.8. The third kappa shape index (κ3) is 5.82. The molecule has 2 fully saturated rings. The minimum atomic E-state index is -3.52. The number of amides is 2. The highest BCUT2D eigenvalue weighted by Gasteiger charge is 2.28. The van der Waals surface area contributed by atoms with Gasteiger partial charge in [0.05, 0.1) is 4.90 Å². The van der Waals surface area contributed by atoms with E-state index >= 15 is 0 Å². The molecule has 0 aromatic heterocycles. The van der Waals surface area contributed by atoms with E-state index in [1.807, 2.05) is 0 Å². The minimum Gasteiger partial charge on any atom is -0.354 e. The van der Waals surface area contributed by atoms with E-state index in [0.717, 1.165) is 38.5 Å². The van der Waals surface area contributed by atoms with Crippen LogP contribution >= 0.6 is 0 Å². The summed E-state index contributed by atoms with van der Waals surface area (Å²) in [5, 5.41) is 5.66. The number of nitrogens with zero attached hydrogens (tertiary/aromatic N) is 1. The van der Waals surface area contributed by atoms with Crippen LogP contribution in [0, 0.1) is 11.8 Å². The Morgan fingerprint density at radius 2 is 1.53 bits per heavy atom. The van der Waals surface area contributed by atoms with Crippen molar-refractivity contribution in [2.24, 2.45) is 11.8 Å². The number of carbonyl (C=O) groups is 2. The fourth-order valence-electron chi connectivity index (χ4n) is 4.13. The average molecular weight is 436 g/mol. The molecule has 0 bridgehead atoms. The van der Waals surface area contributed by atoms with Crippen molar-refractivity contribution in [2.75, 3.05) is 26.2 Å². The Morgan fingerprint density at radius 3 is 2.17 bits per heavy atom. The Labute approximate surface area is 179 Å². The summed E-state index contributed by atoms with van der Waals surface area (Å²) >= 11 is 0. The predicted molar refractivity (Wildman–Crippen MR) is 116 cm³/mol. The number of rotatable bonds is 7. The lowest BCUT2D eigenvalue weighted by molar-refractivity contribution is -0.125. The fourth-order valence-corrected chi connectivity index (χ4v) is 5.60. The lowest BCUT2D eigenvalue weighted by Gasteiger charge is -2.29. The zero-order valence-electron chi connectivity index (χ0n) is 17.7. The quantitative estimate of drug-likeness (QED) is 0.644. The number of carbonyl (C=O) groups excluding carboxylic acids is 2. The monoisotopic (exact) mass is 435 g/mol. The van der Waals surface area contributed by atoms with Gasteiger partial charge in [-0.25, -0.2) is 8.42 Å². The van der Waals surface area contributed by atoms with Gasteiger partial charge in [-0.15, -0.1) is 0 Å². The highest BCUT2D eigenvalue weighted by Crippen LogP contribution is 2.24. The second kappa shape index (κ2) is 10.4. The van der Waals surface area contributed by atoms with Gasteiger partial charge >= 0.3 is 0 Å². The van der Waals surface area contributed by atoms with Crippen molar-refractivity contribution < 1.29 is 18.0 Å². The van der Waals surface area contributed by atoms with Gasteiger partial charge in [0.25, 0.3) is 5.91 Å². The van der Waals surface area contributed by atoms with E-state index in [1.165, 1.54) is 35.0 Å². The fraction of sp³-hybridized carbons (Fsp3) is 0.636. The molecule has 0 radical (unpaired) electrons. The van der Waals surface area contributed by atoms with Gasteiger partial charge in [-0.2, -0.15) is 4.31 Å². The maximum Gasteiger partial charge on any atom is 0.251 e. The van der Waals surface area contributed by atoms with E-state index < -0.39 is 10.0 Å². The standard InChI is InChI=1S/C22H33N3O4S/c1-17-11-15-25(16-12-17)30(28,29)20-9-7-19(8-10-20)22(27)24-14-13-23-21(26)18-5-3-2-4-6-18/h7-10,17-18H,2-6,11-16H2,1H3,(H,23,26)(H,24,27). The molecular weight excluding hydrogens is 402 g/mol. The molecule has 1 aromatic carbocycles. The van der Waals surface area contributed by atoms with E-state index in [9.17, 15) is 18.0 Å². The average Bonchev–Trinajstić information content (AvgIpc) is 2.77. The van der Waals surface area contributed by atoms with E-state index in [2.05, 4.69) is 17.6 Å². The molecule has 1 saturated carbocycles. The van der Waals surface area contributed by atoms with Crippen molar-refractivity contribution in [3.05, 3.63) is 29.8 Å². The van der Waals surface area contributed by atoms with Gasteiger partial charge in [-0.3, -0.25) is 9.59 Å². The number of hydrogen-bond acceptors (Lipinski definition) is 4. The third-order valence-corrected chi connectivity index (χ3v) is 8.10. The summed E-state index contributed by atoms with van der Waals surface area (Å²) in [6, 6.07) is 6.06. The summed E-state index contributed by atoms with van der Waals surface area (Å²) in [5.41, 5.74) is 0.403. The molecule has 8 heteroatoms. The van der Waals surface area contributed by atoms with Crippen molar-refractivity contribution in [3.8, 4) is 0 Å². The molecule has 30 heavy (non-hydrogen) atoms. The molecule has 0 atom stereocenters. The summed E-state index contributed by atoms with van der Waals surface area (Å²) < 4.78 is 27.1. The largest absolute Gasteiger partial charge is 0.354 e. The van der Waals surface area contributed by atoms with E-state index in [-0.39, 0.29) is 22.6 Å². The van der Waals surface area contributed by atoms with Crippen molar-refractivity contribution in [3.63, 3.8) is 0 Å². The van der Waals surface area contributed by atoms with Gasteiger partial charge < -0.3 is 10.6 Å². The van der Waals surface area contributed by atoms with E-state index in [4.69, 9.17) is 0 Å². The van der Waals surface area contributed by atoms with Gasteiger partial charge in [-0.1, -0.05) is 26.2 Å². The Balaban J connectivity index is 1.46. The normalized spacial score (nSPS) is 19.4. The van der Waals surface area contributed by atoms with Gasteiger partial charge in [-0.05, 0) is 55.9 Å². The molecule has 1 aliphatic heterocycles. The first kappa shape index (κ1) is 22.7. The minimum absolute atomic E-state index is 0.0746. The number of piperidine rings is 1. The smallest absolute Gasteiger partial charge is 0.251 e. The second-order valence-electron chi connectivity index (χ2n) is 8.49. The van der Waals surface area contributed by atoms with Gasteiger partial charge in [0, 0.05) is 37.7 Å². The van der Waals surface area contributed by atoms with Crippen LogP contribution in [0.1, 0.15) is 62.2 Å². The summed E-state index contributed by atoms with van der Waals surface area (Å²) in [5.74, 6) is 0.449. The molecule has 1 aromatic rings. The predicted octanol–water partition coefficient (Wildman–Crippen LogP) is 2.53. The van der Waals surface area contributed by atoms with Crippen molar-refractivity contribution in [2.45, 2.75) is 56.8 Å². The van der Waals surface area contributed by atoms with Crippen LogP contribution in [0.3, 0.4) is 0 Å². The topological polar surface area (TPSA) is 95.6 Å². The molecule has 2 N–H and O–H groups in total. The zero-order chi connectivity index (χ0) is 21.6. The van der Waals surface area contributed by atoms with Gasteiger partial charge in [0.2, 0.25) is 15.9 Å². The summed E-state index contributed by atoms with van der Waals surface area (Å²) in [4.78, 5) is 24.6. The van der Waals surface area contributed by atoms with Crippen molar-refractivity contribution >= 4 is 21.8 Å². The molecule has 2 aliphatic rings. The summed E-state index contributed by atoms with van der Waals surface area (Å²) in [6.45, 7) is 3.94. The molecule has 1 aliphatic carbocycles. The Hall–Kier alpha value is -1.93. The highest BCUT2D eigenvalue weighted by atomic mass is 32.2. The maximum atomic E-state index is 12.8. The third-order valence-electron chi connectivity index (χ3n) is 6.18. The van der Waals surface area contributed by atoms with E-state index in [1.54, 1.807) is 0 Å². The molecular formula is C22H33N3O4S. The lowest BCUT2D eigenvalue weighted by Crippen LogP contribution is -2.38. The first-order valence-corrected chi connectivity index (χ1v) is 12.5. The second-order valence-corrected chi connectivity index (χ2v) is 10.4. The number of sulfonamides is 1. The Kier molecular flexibility index (Phi) is 7.88. The molecule has 166 valence electrons. The number of hydrogen-bond donors (Lipinski definition) is 2. The Bertz CT molecular complexity index is 824. The first-order chi connectivity index (χ1) is 14.4. The van der Waals surface area contributed by atoms with Gasteiger partial charge in [0.15, 0.2) is 0 Å². The van der Waals surface area contributed by atoms with Gasteiger partial charge in [0.1, 0.15) is 0 Å². The molecule has 3 rings (SSSR count). The number of nitrogens with one attached hydrogen (secondary N) is 2. The highest BCUT2D eigenvalue weighted by molar-refractivity contribution is 7.89. The molecule has 1 saturated heterocycles. The molecule has 1 heterocycles. The SMILES string of the molecule is CC1CCN(S(=O)(=O)c2ccc(C(=O)NCCNC(=O)C3CCCCC3)cc2)CC1. The van der Waals surface area contributed by atoms with Crippen molar-refractivity contribution in [1.29, 1.82) is 0 Å². The lowest BCUT2D eigenvalue weighted by atomic mass is 9.89. The summed E-state index contributed by atoms with van der Waals surface area (Å²) in [6.07, 6.45) is 7.06. The molecule has 0 spiro atoms. The van der Waals surface area contributed by atoms with Crippen LogP contribution in [0.15, 0.2) is 29.2 Å². The number of benzene rings is 1. The molecule has 2 amide bonds. The van der Waals surface area contributed by atoms with Crippen molar-refractivity contribution in [1.82, 2.24) is 14.9 Å². The summed E-state index contributed by atoms with van der Waals surface area (Å²) in [7, 11) is -3.52. The first-order valence-electron chi connectivity index (χ1n) is 11.0. The van der Waals surface area contributed by atoms with Crippen LogP contribution in [0.5, 0.6) is 0 Å². The van der Waals surface area contributed by atoms with Crippen LogP contribution < -0.4 is 10.6 Å². The molecule has 0 unspecified atom stereocenters. The van der Waals surface area contributed by atoms with Crippen LogP contribution in [-0.4, -0.2) is 50.7 Å². The molecule has 7 nitrogen and oxygen atoms in total. The van der Waals surface area contributed by atoms with Crippen LogP contribution in [-0.2, 0) is 14.8 Å². The van der Waals surface area contributed by atoms with E-state index in [0.29, 0.717) is 37.7 Å².